The fourth-order valence-electron chi connectivity index (χ4n) is 3.16. The van der Waals surface area contributed by atoms with Gasteiger partial charge in [0.15, 0.2) is 0 Å². The molecule has 122 valence electrons. The minimum atomic E-state index is -0.371. The molecular formula is C17H25NO3S. The summed E-state index contributed by atoms with van der Waals surface area (Å²) in [5.41, 5.74) is 0.964. The zero-order valence-electron chi connectivity index (χ0n) is 13.8. The summed E-state index contributed by atoms with van der Waals surface area (Å²) in [6, 6.07) is 2.41. The maximum atomic E-state index is 12.6. The molecule has 0 bridgehead atoms. The van der Waals surface area contributed by atoms with Crippen LogP contribution in [0.1, 0.15) is 51.5 Å². The average Bonchev–Trinajstić information content (AvgIpc) is 3.05. The summed E-state index contributed by atoms with van der Waals surface area (Å²) in [6.07, 6.45) is 1.66. The molecule has 0 aromatic carbocycles. The van der Waals surface area contributed by atoms with E-state index in [-0.39, 0.29) is 29.8 Å². The monoisotopic (exact) mass is 323 g/mol. The quantitative estimate of drug-likeness (QED) is 0.780. The second kappa shape index (κ2) is 6.82. The van der Waals surface area contributed by atoms with Crippen molar-refractivity contribution in [2.45, 2.75) is 52.0 Å². The lowest BCUT2D eigenvalue weighted by Gasteiger charge is -2.28. The Balaban J connectivity index is 1.96. The molecule has 4 nitrogen and oxygen atoms in total. The summed E-state index contributed by atoms with van der Waals surface area (Å²) in [4.78, 5) is 26.1. The van der Waals surface area contributed by atoms with Crippen molar-refractivity contribution in [3.05, 3.63) is 22.4 Å². The molecule has 0 saturated carbocycles. The van der Waals surface area contributed by atoms with Gasteiger partial charge in [-0.15, -0.1) is 0 Å². The van der Waals surface area contributed by atoms with Crippen LogP contribution < -0.4 is 0 Å². The Morgan fingerprint density at radius 1 is 1.41 bits per heavy atom. The molecule has 1 amide bonds. The molecule has 0 spiro atoms. The predicted octanol–water partition coefficient (Wildman–Crippen LogP) is 3.43. The minimum absolute atomic E-state index is 0.138. The SMILES string of the molecule is COC(=O)CC(C)(C)CC(=O)N1C[C@@H](c2ccsc2)C[C@@H]1C. The standard InChI is InChI=1S/C17H25NO3S/c1-12-7-14(13-5-6-22-11-13)10-18(12)15(19)8-17(2,3)9-16(20)21-4/h5-6,11-12,14H,7-10H2,1-4H3/t12-,14-/m0/s1. The van der Waals surface area contributed by atoms with Crippen LogP contribution >= 0.6 is 11.3 Å². The molecule has 0 radical (unpaired) electrons. The highest BCUT2D eigenvalue weighted by molar-refractivity contribution is 7.07. The molecule has 1 aromatic heterocycles. The van der Waals surface area contributed by atoms with Crippen LogP contribution in [0.15, 0.2) is 16.8 Å². The van der Waals surface area contributed by atoms with Gasteiger partial charge >= 0.3 is 5.97 Å². The van der Waals surface area contributed by atoms with E-state index in [1.807, 2.05) is 18.7 Å². The van der Waals surface area contributed by atoms with E-state index in [4.69, 9.17) is 4.74 Å². The van der Waals surface area contributed by atoms with Gasteiger partial charge in [0, 0.05) is 24.9 Å². The van der Waals surface area contributed by atoms with Gasteiger partial charge in [0.2, 0.25) is 5.91 Å². The van der Waals surface area contributed by atoms with E-state index in [0.717, 1.165) is 13.0 Å². The van der Waals surface area contributed by atoms with Gasteiger partial charge in [-0.1, -0.05) is 13.8 Å². The van der Waals surface area contributed by atoms with Crippen molar-refractivity contribution in [3.8, 4) is 0 Å². The predicted molar refractivity (Wildman–Crippen MR) is 87.9 cm³/mol. The van der Waals surface area contributed by atoms with Crippen molar-refractivity contribution in [2.75, 3.05) is 13.7 Å². The molecule has 1 aliphatic heterocycles. The molecule has 1 aliphatic rings. The van der Waals surface area contributed by atoms with E-state index in [1.54, 1.807) is 11.3 Å². The number of methoxy groups -OCH3 is 1. The number of hydrogen-bond donors (Lipinski definition) is 0. The first-order chi connectivity index (χ1) is 10.3. The van der Waals surface area contributed by atoms with Crippen LogP contribution in [0.5, 0.6) is 0 Å². The highest BCUT2D eigenvalue weighted by Gasteiger charge is 2.36. The van der Waals surface area contributed by atoms with Gasteiger partial charge in [-0.05, 0) is 41.1 Å². The summed E-state index contributed by atoms with van der Waals surface area (Å²) in [5, 5.41) is 4.26. The van der Waals surface area contributed by atoms with E-state index in [1.165, 1.54) is 12.7 Å². The van der Waals surface area contributed by atoms with Gasteiger partial charge < -0.3 is 9.64 Å². The zero-order valence-corrected chi connectivity index (χ0v) is 14.6. The lowest BCUT2D eigenvalue weighted by atomic mass is 9.85. The highest BCUT2D eigenvalue weighted by atomic mass is 32.1. The third-order valence-electron chi connectivity index (χ3n) is 4.39. The fraction of sp³-hybridized carbons (Fsp3) is 0.647. The molecule has 1 saturated heterocycles. The molecule has 0 N–H and O–H groups in total. The second-order valence-electron chi connectivity index (χ2n) is 6.98. The molecule has 2 rings (SSSR count). The van der Waals surface area contributed by atoms with Crippen molar-refractivity contribution >= 4 is 23.2 Å². The Hall–Kier alpha value is -1.36. The Morgan fingerprint density at radius 3 is 2.73 bits per heavy atom. The first-order valence-corrected chi connectivity index (χ1v) is 8.65. The lowest BCUT2D eigenvalue weighted by Crippen LogP contribution is -2.37. The molecule has 2 heterocycles. The fourth-order valence-corrected chi connectivity index (χ4v) is 3.91. The van der Waals surface area contributed by atoms with E-state index in [2.05, 4.69) is 23.8 Å². The number of ether oxygens (including phenoxy) is 1. The Bertz CT molecular complexity index is 524. The van der Waals surface area contributed by atoms with Crippen LogP contribution in [0.2, 0.25) is 0 Å². The van der Waals surface area contributed by atoms with Crippen LogP contribution in [-0.2, 0) is 14.3 Å². The lowest BCUT2D eigenvalue weighted by molar-refractivity contribution is -0.144. The van der Waals surface area contributed by atoms with E-state index in [9.17, 15) is 9.59 Å². The van der Waals surface area contributed by atoms with Gasteiger partial charge in [0.25, 0.3) is 0 Å². The average molecular weight is 323 g/mol. The Labute approximate surface area is 136 Å². The van der Waals surface area contributed by atoms with Crippen molar-refractivity contribution in [2.24, 2.45) is 5.41 Å². The van der Waals surface area contributed by atoms with Gasteiger partial charge in [0.05, 0.1) is 13.5 Å². The van der Waals surface area contributed by atoms with Crippen molar-refractivity contribution < 1.29 is 14.3 Å². The molecule has 1 fully saturated rings. The van der Waals surface area contributed by atoms with Crippen LogP contribution in [0.25, 0.3) is 0 Å². The van der Waals surface area contributed by atoms with Crippen molar-refractivity contribution in [1.29, 1.82) is 0 Å². The molecule has 22 heavy (non-hydrogen) atoms. The number of amides is 1. The number of nitrogens with zero attached hydrogens (tertiary/aromatic N) is 1. The van der Waals surface area contributed by atoms with E-state index < -0.39 is 0 Å². The van der Waals surface area contributed by atoms with Gasteiger partial charge in [-0.3, -0.25) is 9.59 Å². The number of carbonyl (C=O) groups excluding carboxylic acids is 2. The first kappa shape index (κ1) is 17.0. The van der Waals surface area contributed by atoms with Crippen LogP contribution in [0.4, 0.5) is 0 Å². The molecule has 0 unspecified atom stereocenters. The van der Waals surface area contributed by atoms with E-state index >= 15 is 0 Å². The maximum absolute atomic E-state index is 12.6. The van der Waals surface area contributed by atoms with E-state index in [0.29, 0.717) is 12.3 Å². The number of thiophene rings is 1. The van der Waals surface area contributed by atoms with Gasteiger partial charge in [-0.2, -0.15) is 11.3 Å². The van der Waals surface area contributed by atoms with Crippen molar-refractivity contribution in [3.63, 3.8) is 0 Å². The van der Waals surface area contributed by atoms with Crippen LogP contribution in [0.3, 0.4) is 0 Å². The summed E-state index contributed by atoms with van der Waals surface area (Å²) >= 11 is 1.70. The molecule has 0 aliphatic carbocycles. The Morgan fingerprint density at radius 2 is 2.14 bits per heavy atom. The Kier molecular flexibility index (Phi) is 5.27. The second-order valence-corrected chi connectivity index (χ2v) is 7.76. The summed E-state index contributed by atoms with van der Waals surface area (Å²) < 4.78 is 4.72. The maximum Gasteiger partial charge on any atom is 0.306 e. The smallest absolute Gasteiger partial charge is 0.306 e. The molecular weight excluding hydrogens is 298 g/mol. The normalized spacial score (nSPS) is 21.9. The number of likely N-dealkylation sites (tertiary alicyclic amines) is 1. The van der Waals surface area contributed by atoms with Crippen molar-refractivity contribution in [1.82, 2.24) is 4.90 Å². The molecule has 1 aromatic rings. The number of esters is 1. The third-order valence-corrected chi connectivity index (χ3v) is 5.09. The minimum Gasteiger partial charge on any atom is -0.469 e. The van der Waals surface area contributed by atoms with Crippen LogP contribution in [0, 0.1) is 5.41 Å². The van der Waals surface area contributed by atoms with Gasteiger partial charge in [-0.25, -0.2) is 0 Å². The molecule has 2 atom stereocenters. The summed E-state index contributed by atoms with van der Waals surface area (Å²) in [6.45, 7) is 6.78. The highest BCUT2D eigenvalue weighted by Crippen LogP contribution is 2.35. The first-order valence-electron chi connectivity index (χ1n) is 7.71. The summed E-state index contributed by atoms with van der Waals surface area (Å²) in [5.74, 6) is 0.316. The van der Waals surface area contributed by atoms with Crippen LogP contribution in [-0.4, -0.2) is 36.5 Å². The number of hydrogen-bond acceptors (Lipinski definition) is 4. The third kappa shape index (κ3) is 4.09. The number of carbonyl (C=O) groups is 2. The molecule has 5 heteroatoms. The largest absolute Gasteiger partial charge is 0.469 e. The topological polar surface area (TPSA) is 46.6 Å². The summed E-state index contributed by atoms with van der Waals surface area (Å²) in [7, 11) is 1.38. The number of rotatable bonds is 5. The zero-order chi connectivity index (χ0) is 16.3. The van der Waals surface area contributed by atoms with Gasteiger partial charge in [0.1, 0.15) is 0 Å².